The minimum atomic E-state index is 0.106. The number of nitrogens with zero attached hydrogens (tertiary/aromatic N) is 1. The molecule has 0 amide bonds. The third kappa shape index (κ3) is 2.72. The fourth-order valence-electron chi connectivity index (χ4n) is 2.18. The van der Waals surface area contributed by atoms with E-state index in [0.717, 1.165) is 25.4 Å². The maximum absolute atomic E-state index is 12.3. The molecule has 3 aromatic rings. The van der Waals surface area contributed by atoms with Crippen LogP contribution in [0.2, 0.25) is 0 Å². The molecule has 0 aliphatic carbocycles. The average molecular weight is 393 g/mol. The highest BCUT2D eigenvalue weighted by molar-refractivity contribution is 9.10. The van der Waals surface area contributed by atoms with Crippen LogP contribution in [0.1, 0.15) is 10.4 Å². The van der Waals surface area contributed by atoms with Crippen LogP contribution in [-0.4, -0.2) is 10.4 Å². The molecule has 1 aromatic heterocycles. The highest BCUT2D eigenvalue weighted by Crippen LogP contribution is 2.21. The zero-order valence-corrected chi connectivity index (χ0v) is 13.7. The number of carbonyl (C=O) groups excluding carboxylic acids is 1. The Kier molecular flexibility index (Phi) is 3.76. The molecule has 20 heavy (non-hydrogen) atoms. The van der Waals surface area contributed by atoms with Crippen molar-refractivity contribution in [2.75, 3.05) is 0 Å². The van der Waals surface area contributed by atoms with E-state index >= 15 is 0 Å². The summed E-state index contributed by atoms with van der Waals surface area (Å²) in [4.78, 5) is 12.3. The molecule has 2 nitrogen and oxygen atoms in total. The first-order chi connectivity index (χ1) is 9.63. The van der Waals surface area contributed by atoms with Crippen LogP contribution in [0.15, 0.2) is 63.7 Å². The second kappa shape index (κ2) is 5.54. The number of benzene rings is 2. The summed E-state index contributed by atoms with van der Waals surface area (Å²) in [6, 6.07) is 15.6. The predicted octanol–water partition coefficient (Wildman–Crippen LogP) is 5.05. The van der Waals surface area contributed by atoms with Gasteiger partial charge < -0.3 is 4.57 Å². The Balaban J connectivity index is 1.91. The van der Waals surface area contributed by atoms with Crippen molar-refractivity contribution in [3.8, 4) is 0 Å². The number of Topliss-reactive ketones (excluding diaryl/α,β-unsaturated/α-hetero) is 1. The molecule has 4 heteroatoms. The van der Waals surface area contributed by atoms with E-state index in [1.54, 1.807) is 0 Å². The lowest BCUT2D eigenvalue weighted by atomic mass is 10.1. The Morgan fingerprint density at radius 1 is 0.950 bits per heavy atom. The quantitative estimate of drug-likeness (QED) is 0.571. The fraction of sp³-hybridized carbons (Fsp3) is 0.0625. The Labute approximate surface area is 133 Å². The number of halogens is 2. The van der Waals surface area contributed by atoms with Crippen LogP contribution < -0.4 is 0 Å². The van der Waals surface area contributed by atoms with Crippen LogP contribution >= 0.6 is 31.9 Å². The number of fused-ring (bicyclic) bond motifs is 1. The summed E-state index contributed by atoms with van der Waals surface area (Å²) >= 11 is 6.84. The van der Waals surface area contributed by atoms with Gasteiger partial charge in [-0.2, -0.15) is 0 Å². The summed E-state index contributed by atoms with van der Waals surface area (Å²) in [7, 11) is 0. The first-order valence-electron chi connectivity index (χ1n) is 6.17. The zero-order chi connectivity index (χ0) is 14.1. The van der Waals surface area contributed by atoms with Crippen LogP contribution in [0.4, 0.5) is 0 Å². The number of rotatable bonds is 3. The van der Waals surface area contributed by atoms with Crippen molar-refractivity contribution in [1.82, 2.24) is 4.57 Å². The van der Waals surface area contributed by atoms with E-state index in [1.807, 2.05) is 59.3 Å². The van der Waals surface area contributed by atoms with E-state index < -0.39 is 0 Å². The molecule has 0 saturated carbocycles. The molecule has 0 saturated heterocycles. The van der Waals surface area contributed by atoms with E-state index in [2.05, 4.69) is 31.9 Å². The van der Waals surface area contributed by atoms with Crippen LogP contribution in [-0.2, 0) is 6.54 Å². The average Bonchev–Trinajstić information content (AvgIpc) is 2.82. The molecule has 0 unspecified atom stereocenters. The SMILES string of the molecule is O=C(Cn1ccc2ccc(Br)cc21)c1ccc(Br)cc1. The van der Waals surface area contributed by atoms with Crippen LogP contribution in [0.3, 0.4) is 0 Å². The van der Waals surface area contributed by atoms with E-state index in [-0.39, 0.29) is 5.78 Å². The van der Waals surface area contributed by atoms with Crippen molar-refractivity contribution in [3.63, 3.8) is 0 Å². The molecule has 0 spiro atoms. The minimum Gasteiger partial charge on any atom is -0.340 e. The van der Waals surface area contributed by atoms with E-state index in [4.69, 9.17) is 0 Å². The third-order valence-electron chi connectivity index (χ3n) is 3.22. The maximum Gasteiger partial charge on any atom is 0.182 e. The van der Waals surface area contributed by atoms with Gasteiger partial charge in [-0.3, -0.25) is 4.79 Å². The van der Waals surface area contributed by atoms with Crippen molar-refractivity contribution >= 4 is 48.5 Å². The number of aromatic nitrogens is 1. The van der Waals surface area contributed by atoms with Crippen molar-refractivity contribution < 1.29 is 4.79 Å². The van der Waals surface area contributed by atoms with Gasteiger partial charge in [0, 0.05) is 26.2 Å². The molecule has 0 atom stereocenters. The number of hydrogen-bond acceptors (Lipinski definition) is 1. The van der Waals surface area contributed by atoms with Crippen molar-refractivity contribution in [1.29, 1.82) is 0 Å². The highest BCUT2D eigenvalue weighted by Gasteiger charge is 2.09. The molecule has 0 radical (unpaired) electrons. The van der Waals surface area contributed by atoms with Gasteiger partial charge in [0.2, 0.25) is 0 Å². The molecular formula is C16H11Br2NO. The maximum atomic E-state index is 12.3. The Morgan fingerprint density at radius 3 is 2.40 bits per heavy atom. The molecule has 0 aliphatic rings. The zero-order valence-electron chi connectivity index (χ0n) is 10.5. The summed E-state index contributed by atoms with van der Waals surface area (Å²) in [5, 5.41) is 1.14. The molecule has 100 valence electrons. The molecule has 2 aromatic carbocycles. The lowest BCUT2D eigenvalue weighted by Crippen LogP contribution is -2.09. The van der Waals surface area contributed by atoms with Crippen molar-refractivity contribution in [2.45, 2.75) is 6.54 Å². The molecular weight excluding hydrogens is 382 g/mol. The van der Waals surface area contributed by atoms with Crippen LogP contribution in [0, 0.1) is 0 Å². The van der Waals surface area contributed by atoms with Gasteiger partial charge in [-0.25, -0.2) is 0 Å². The predicted molar refractivity (Wildman–Crippen MR) is 88.1 cm³/mol. The summed E-state index contributed by atoms with van der Waals surface area (Å²) in [6.07, 6.45) is 1.95. The van der Waals surface area contributed by atoms with E-state index in [9.17, 15) is 4.79 Å². The molecule has 0 fully saturated rings. The largest absolute Gasteiger partial charge is 0.340 e. The highest BCUT2D eigenvalue weighted by atomic mass is 79.9. The van der Waals surface area contributed by atoms with Crippen molar-refractivity contribution in [2.24, 2.45) is 0 Å². The monoisotopic (exact) mass is 391 g/mol. The lowest BCUT2D eigenvalue weighted by molar-refractivity contribution is 0.0973. The van der Waals surface area contributed by atoms with Gasteiger partial charge in [-0.1, -0.05) is 50.1 Å². The third-order valence-corrected chi connectivity index (χ3v) is 4.24. The fourth-order valence-corrected chi connectivity index (χ4v) is 2.79. The Morgan fingerprint density at radius 2 is 1.65 bits per heavy atom. The standard InChI is InChI=1S/C16H11Br2NO/c17-13-4-2-12(3-5-13)16(20)10-19-8-7-11-1-6-14(18)9-15(11)19/h1-9H,10H2. The second-order valence-corrected chi connectivity index (χ2v) is 6.41. The summed E-state index contributed by atoms with van der Waals surface area (Å²) in [5.41, 5.74) is 1.79. The van der Waals surface area contributed by atoms with Gasteiger partial charge in [0.05, 0.1) is 6.54 Å². The van der Waals surface area contributed by atoms with Gasteiger partial charge in [0.15, 0.2) is 5.78 Å². The number of carbonyl (C=O) groups is 1. The van der Waals surface area contributed by atoms with Gasteiger partial charge in [0.1, 0.15) is 0 Å². The van der Waals surface area contributed by atoms with E-state index in [1.165, 1.54) is 0 Å². The van der Waals surface area contributed by atoms with Gasteiger partial charge in [0.25, 0.3) is 0 Å². The first-order valence-corrected chi connectivity index (χ1v) is 7.75. The first kappa shape index (κ1) is 13.6. The molecule has 3 rings (SSSR count). The molecule has 0 aliphatic heterocycles. The second-order valence-electron chi connectivity index (χ2n) is 4.58. The summed E-state index contributed by atoms with van der Waals surface area (Å²) in [5.74, 6) is 0.106. The van der Waals surface area contributed by atoms with Gasteiger partial charge in [-0.05, 0) is 35.7 Å². The van der Waals surface area contributed by atoms with Gasteiger partial charge >= 0.3 is 0 Å². The minimum absolute atomic E-state index is 0.106. The molecule has 1 heterocycles. The molecule has 0 N–H and O–H groups in total. The summed E-state index contributed by atoms with van der Waals surface area (Å²) < 4.78 is 3.97. The van der Waals surface area contributed by atoms with E-state index in [0.29, 0.717) is 6.54 Å². The van der Waals surface area contributed by atoms with Crippen LogP contribution in [0.5, 0.6) is 0 Å². The summed E-state index contributed by atoms with van der Waals surface area (Å²) in [6.45, 7) is 0.349. The number of hydrogen-bond donors (Lipinski definition) is 0. The van der Waals surface area contributed by atoms with Crippen molar-refractivity contribution in [3.05, 3.63) is 69.2 Å². The Hall–Kier alpha value is -1.39. The number of ketones is 1. The topological polar surface area (TPSA) is 22.0 Å². The van der Waals surface area contributed by atoms with Crippen LogP contribution in [0.25, 0.3) is 10.9 Å². The lowest BCUT2D eigenvalue weighted by Gasteiger charge is -2.05. The molecule has 0 bridgehead atoms. The smallest absolute Gasteiger partial charge is 0.182 e. The normalized spacial score (nSPS) is 10.9. The van der Waals surface area contributed by atoms with Gasteiger partial charge in [-0.15, -0.1) is 0 Å². The Bertz CT molecular complexity index is 775.